The Morgan fingerprint density at radius 3 is 2.87 bits per heavy atom. The van der Waals surface area contributed by atoms with Gasteiger partial charge in [0, 0.05) is 37.0 Å². The Bertz CT molecular complexity index is 917. The third-order valence-electron chi connectivity index (χ3n) is 6.24. The lowest BCUT2D eigenvalue weighted by Gasteiger charge is -2.28. The first kappa shape index (κ1) is 20.7. The van der Waals surface area contributed by atoms with E-state index in [2.05, 4.69) is 4.98 Å². The summed E-state index contributed by atoms with van der Waals surface area (Å²) >= 11 is 0. The van der Waals surface area contributed by atoms with E-state index in [1.54, 1.807) is 19.4 Å². The zero-order chi connectivity index (χ0) is 21.1. The van der Waals surface area contributed by atoms with E-state index in [4.69, 9.17) is 14.7 Å². The lowest BCUT2D eigenvalue weighted by molar-refractivity contribution is -0.120. The number of rotatable bonds is 7. The van der Waals surface area contributed by atoms with E-state index in [-0.39, 0.29) is 24.3 Å². The largest absolute Gasteiger partial charge is 0.497 e. The van der Waals surface area contributed by atoms with Crippen molar-refractivity contribution in [3.8, 4) is 17.3 Å². The molecule has 0 saturated heterocycles. The van der Waals surface area contributed by atoms with E-state index < -0.39 is 0 Å². The van der Waals surface area contributed by atoms with Gasteiger partial charge in [-0.3, -0.25) is 9.78 Å². The van der Waals surface area contributed by atoms with Gasteiger partial charge in [-0.1, -0.05) is 12.8 Å². The van der Waals surface area contributed by atoms with E-state index in [1.807, 2.05) is 18.0 Å². The Labute approximate surface area is 177 Å². The smallest absolute Gasteiger partial charge is 0.180 e. The number of hydrogen-bond acceptors (Lipinski definition) is 7. The van der Waals surface area contributed by atoms with Gasteiger partial charge >= 0.3 is 0 Å². The zero-order valence-electron chi connectivity index (χ0n) is 17.8. The van der Waals surface area contributed by atoms with Gasteiger partial charge in [-0.05, 0) is 44.1 Å². The average Bonchev–Trinajstić information content (AvgIpc) is 3.23. The van der Waals surface area contributed by atoms with Crippen molar-refractivity contribution in [2.24, 2.45) is 5.92 Å². The van der Waals surface area contributed by atoms with Gasteiger partial charge in [-0.2, -0.15) is 0 Å². The first-order valence-electron chi connectivity index (χ1n) is 10.9. The first-order valence-corrected chi connectivity index (χ1v) is 10.9. The maximum Gasteiger partial charge on any atom is 0.180 e. The zero-order valence-corrected chi connectivity index (χ0v) is 17.8. The Kier molecular flexibility index (Phi) is 6.27. The van der Waals surface area contributed by atoms with Crippen LogP contribution in [0.3, 0.4) is 0 Å². The second-order valence-corrected chi connectivity index (χ2v) is 8.44. The molecule has 0 aliphatic heterocycles. The fraction of sp³-hybridized carbons (Fsp3) is 0.565. The van der Waals surface area contributed by atoms with Crippen LogP contribution in [0, 0.1) is 5.92 Å². The van der Waals surface area contributed by atoms with Crippen molar-refractivity contribution >= 4 is 11.6 Å². The maximum absolute atomic E-state index is 12.8. The van der Waals surface area contributed by atoms with Crippen LogP contribution in [0.15, 0.2) is 18.3 Å². The van der Waals surface area contributed by atoms with Crippen molar-refractivity contribution < 1.29 is 14.6 Å². The first-order chi connectivity index (χ1) is 14.5. The van der Waals surface area contributed by atoms with Crippen molar-refractivity contribution in [1.29, 1.82) is 0 Å². The molecule has 0 aromatic carbocycles. The van der Waals surface area contributed by atoms with E-state index in [9.17, 15) is 9.90 Å². The minimum Gasteiger partial charge on any atom is -0.497 e. The fourth-order valence-corrected chi connectivity index (χ4v) is 4.63. The van der Waals surface area contributed by atoms with Crippen LogP contribution in [0.4, 0.5) is 5.82 Å². The molecule has 2 heterocycles. The number of ketones is 1. The van der Waals surface area contributed by atoms with Crippen LogP contribution >= 0.6 is 0 Å². The molecule has 7 heteroatoms. The number of aromatic nitrogens is 3. The van der Waals surface area contributed by atoms with Gasteiger partial charge in [0.05, 0.1) is 19.8 Å². The second-order valence-electron chi connectivity index (χ2n) is 8.44. The SMILES string of the molecule is COc1ccnc(-c2nc3c(c(N(C)CC(=O)C[C@@H]4CCCC[C@H]4O)n2)CCC3)c1. The van der Waals surface area contributed by atoms with Gasteiger partial charge in [0.25, 0.3) is 0 Å². The van der Waals surface area contributed by atoms with E-state index in [0.717, 1.165) is 62.0 Å². The molecule has 4 rings (SSSR count). The molecule has 2 aliphatic rings. The molecular weight excluding hydrogens is 380 g/mol. The van der Waals surface area contributed by atoms with Gasteiger partial charge in [0.15, 0.2) is 11.6 Å². The Morgan fingerprint density at radius 2 is 2.07 bits per heavy atom. The van der Waals surface area contributed by atoms with Crippen LogP contribution in [0.1, 0.15) is 49.8 Å². The van der Waals surface area contributed by atoms with Crippen molar-refractivity contribution in [2.45, 2.75) is 57.5 Å². The monoisotopic (exact) mass is 410 g/mol. The topological polar surface area (TPSA) is 88.4 Å². The lowest BCUT2D eigenvalue weighted by atomic mass is 9.83. The molecule has 0 amide bonds. The second kappa shape index (κ2) is 9.08. The predicted octanol–water partition coefficient (Wildman–Crippen LogP) is 2.98. The highest BCUT2D eigenvalue weighted by Gasteiger charge is 2.27. The van der Waals surface area contributed by atoms with Crippen LogP contribution in [-0.2, 0) is 17.6 Å². The summed E-state index contributed by atoms with van der Waals surface area (Å²) in [6.07, 6.45) is 8.56. The van der Waals surface area contributed by atoms with Gasteiger partial charge in [0.1, 0.15) is 17.3 Å². The number of carbonyl (C=O) groups is 1. The van der Waals surface area contributed by atoms with Crippen LogP contribution in [0.25, 0.3) is 11.5 Å². The third kappa shape index (κ3) is 4.46. The Hall–Kier alpha value is -2.54. The van der Waals surface area contributed by atoms with Gasteiger partial charge in [-0.15, -0.1) is 0 Å². The normalized spacial score (nSPS) is 20.6. The van der Waals surface area contributed by atoms with Crippen LogP contribution in [-0.4, -0.2) is 52.6 Å². The van der Waals surface area contributed by atoms with Crippen molar-refractivity contribution in [1.82, 2.24) is 15.0 Å². The number of carbonyl (C=O) groups excluding carboxylic acids is 1. The van der Waals surface area contributed by atoms with E-state index in [1.165, 1.54) is 0 Å². The summed E-state index contributed by atoms with van der Waals surface area (Å²) < 4.78 is 5.31. The third-order valence-corrected chi connectivity index (χ3v) is 6.24. The summed E-state index contributed by atoms with van der Waals surface area (Å²) in [4.78, 5) is 28.7. The molecule has 2 aliphatic carbocycles. The van der Waals surface area contributed by atoms with E-state index >= 15 is 0 Å². The molecule has 30 heavy (non-hydrogen) atoms. The number of ether oxygens (including phenoxy) is 1. The number of likely N-dealkylation sites (N-methyl/N-ethyl adjacent to an activating group) is 1. The van der Waals surface area contributed by atoms with Gasteiger partial charge in [0.2, 0.25) is 0 Å². The van der Waals surface area contributed by atoms with Crippen molar-refractivity contribution in [2.75, 3.05) is 25.6 Å². The number of anilines is 1. The van der Waals surface area contributed by atoms with Crippen LogP contribution < -0.4 is 9.64 Å². The quantitative estimate of drug-likeness (QED) is 0.751. The van der Waals surface area contributed by atoms with Crippen LogP contribution in [0.2, 0.25) is 0 Å². The molecule has 2 aromatic heterocycles. The number of aliphatic hydroxyl groups is 1. The molecule has 1 saturated carbocycles. The molecule has 1 fully saturated rings. The maximum atomic E-state index is 12.8. The summed E-state index contributed by atoms with van der Waals surface area (Å²) in [5.74, 6) is 2.32. The standard InChI is InChI=1S/C23H30N4O3/c1-27(14-16(28)12-15-6-3-4-9-21(15)29)23-18-7-5-8-19(18)25-22(26-23)20-13-17(30-2)10-11-24-20/h10-11,13,15,21,29H,3-9,12,14H2,1-2H3/t15-,21+/m0/s1. The minimum atomic E-state index is -0.345. The molecule has 0 bridgehead atoms. The Morgan fingerprint density at radius 1 is 1.23 bits per heavy atom. The Balaban J connectivity index is 1.55. The minimum absolute atomic E-state index is 0.0901. The highest BCUT2D eigenvalue weighted by Crippen LogP contribution is 2.32. The van der Waals surface area contributed by atoms with Gasteiger partial charge < -0.3 is 14.7 Å². The molecule has 2 aromatic rings. The van der Waals surface area contributed by atoms with Crippen LogP contribution in [0.5, 0.6) is 5.75 Å². The summed E-state index contributed by atoms with van der Waals surface area (Å²) in [5.41, 5.74) is 2.84. The van der Waals surface area contributed by atoms with E-state index in [0.29, 0.717) is 23.7 Å². The molecular formula is C23H30N4O3. The molecule has 0 spiro atoms. The lowest BCUT2D eigenvalue weighted by Crippen LogP contribution is -2.32. The fourth-order valence-electron chi connectivity index (χ4n) is 4.63. The van der Waals surface area contributed by atoms with Crippen molar-refractivity contribution in [3.63, 3.8) is 0 Å². The predicted molar refractivity (Wildman–Crippen MR) is 115 cm³/mol. The average molecular weight is 411 g/mol. The number of hydrogen-bond donors (Lipinski definition) is 1. The van der Waals surface area contributed by atoms with Crippen molar-refractivity contribution in [3.05, 3.63) is 29.6 Å². The summed E-state index contributed by atoms with van der Waals surface area (Å²) in [5, 5.41) is 10.2. The molecule has 2 atom stereocenters. The highest BCUT2D eigenvalue weighted by molar-refractivity contribution is 5.83. The molecule has 0 radical (unpaired) electrons. The number of nitrogens with zero attached hydrogens (tertiary/aromatic N) is 4. The molecule has 7 nitrogen and oxygen atoms in total. The number of aliphatic hydroxyl groups excluding tert-OH is 1. The van der Waals surface area contributed by atoms with Gasteiger partial charge in [-0.25, -0.2) is 9.97 Å². The number of aryl methyl sites for hydroxylation is 1. The number of pyridine rings is 1. The summed E-state index contributed by atoms with van der Waals surface area (Å²) in [6, 6.07) is 3.62. The molecule has 1 N–H and O–H groups in total. The number of methoxy groups -OCH3 is 1. The highest BCUT2D eigenvalue weighted by atomic mass is 16.5. The summed E-state index contributed by atoms with van der Waals surface area (Å²) in [6.45, 7) is 0.289. The molecule has 160 valence electrons. The molecule has 0 unspecified atom stereocenters. The summed E-state index contributed by atoms with van der Waals surface area (Å²) in [7, 11) is 3.54. The number of Topliss-reactive ketones (excluding diaryl/α,β-unsaturated/α-hetero) is 1. The number of fused-ring (bicyclic) bond motifs is 1.